The van der Waals surface area contributed by atoms with Crippen molar-refractivity contribution in [2.45, 2.75) is 124 Å². The molecule has 4 heteroatoms. The standard InChI is InChI=1S/C20H43N.C4H11NO2/c1-4-5-6-7-8-9-10-11-12-13-14-15-16-17-18-19-20-21(2)3;1-3-6-5-7-4-2/h4-20H2,1-3H3;5H,3-4H2,1-2H3. The van der Waals surface area contributed by atoms with Crippen LogP contribution in [-0.2, 0) is 9.68 Å². The van der Waals surface area contributed by atoms with Crippen molar-refractivity contribution in [1.82, 2.24) is 10.5 Å². The maximum atomic E-state index is 4.60. The number of hydrogen-bond acceptors (Lipinski definition) is 4. The van der Waals surface area contributed by atoms with E-state index in [1.54, 1.807) is 0 Å². The van der Waals surface area contributed by atoms with Crippen molar-refractivity contribution < 1.29 is 9.68 Å². The van der Waals surface area contributed by atoms with Crippen LogP contribution in [0.5, 0.6) is 0 Å². The zero-order valence-electron chi connectivity index (χ0n) is 20.2. The minimum atomic E-state index is 0.625. The molecule has 1 N–H and O–H groups in total. The van der Waals surface area contributed by atoms with E-state index in [1.165, 1.54) is 109 Å². The van der Waals surface area contributed by atoms with Gasteiger partial charge in [-0.15, -0.1) is 0 Å². The lowest BCUT2D eigenvalue weighted by atomic mass is 10.0. The second-order valence-corrected chi connectivity index (χ2v) is 8.06. The Morgan fingerprint density at radius 3 is 1.11 bits per heavy atom. The smallest absolute Gasteiger partial charge is 0.0680 e. The molecule has 0 saturated heterocycles. The third-order valence-electron chi connectivity index (χ3n) is 4.87. The van der Waals surface area contributed by atoms with E-state index in [9.17, 15) is 0 Å². The van der Waals surface area contributed by atoms with Crippen LogP contribution in [-0.4, -0.2) is 38.8 Å². The molecule has 0 bridgehead atoms. The molecule has 0 radical (unpaired) electrons. The summed E-state index contributed by atoms with van der Waals surface area (Å²) in [5.74, 6) is 0. The SMILES string of the molecule is CCCCCCCCCCCCCCCCCCN(C)C.CCONOCC. The molecule has 0 unspecified atom stereocenters. The van der Waals surface area contributed by atoms with Crippen molar-refractivity contribution in [3.63, 3.8) is 0 Å². The Labute approximate surface area is 178 Å². The first-order valence-electron chi connectivity index (χ1n) is 12.3. The van der Waals surface area contributed by atoms with Gasteiger partial charge in [0, 0.05) is 0 Å². The Hall–Kier alpha value is -0.160. The second-order valence-electron chi connectivity index (χ2n) is 8.06. The van der Waals surface area contributed by atoms with Gasteiger partial charge in [-0.3, -0.25) is 9.68 Å². The lowest BCUT2D eigenvalue weighted by Gasteiger charge is -2.08. The quantitative estimate of drug-likeness (QED) is 0.161. The van der Waals surface area contributed by atoms with Crippen LogP contribution >= 0.6 is 0 Å². The average Bonchev–Trinajstić information content (AvgIpc) is 2.68. The van der Waals surface area contributed by atoms with Gasteiger partial charge >= 0.3 is 0 Å². The molecule has 0 fully saturated rings. The molecular formula is C24H54N2O2. The summed E-state index contributed by atoms with van der Waals surface area (Å²) in [4.78, 5) is 11.5. The summed E-state index contributed by atoms with van der Waals surface area (Å²) in [7, 11) is 4.34. The first kappa shape index (κ1) is 30.0. The van der Waals surface area contributed by atoms with Crippen molar-refractivity contribution in [3.8, 4) is 0 Å². The van der Waals surface area contributed by atoms with Gasteiger partial charge in [0.1, 0.15) is 0 Å². The van der Waals surface area contributed by atoms with Crippen molar-refractivity contribution in [1.29, 1.82) is 0 Å². The minimum Gasteiger partial charge on any atom is -0.309 e. The van der Waals surface area contributed by atoms with Gasteiger partial charge in [0.05, 0.1) is 13.2 Å². The fourth-order valence-corrected chi connectivity index (χ4v) is 3.14. The van der Waals surface area contributed by atoms with E-state index in [1.807, 2.05) is 13.8 Å². The predicted molar refractivity (Wildman–Crippen MR) is 124 cm³/mol. The van der Waals surface area contributed by atoms with Gasteiger partial charge in [-0.05, 0) is 40.9 Å². The third-order valence-corrected chi connectivity index (χ3v) is 4.87. The summed E-state index contributed by atoms with van der Waals surface area (Å²) in [5.41, 5.74) is 2.28. The summed E-state index contributed by atoms with van der Waals surface area (Å²) in [5, 5.41) is 0. The van der Waals surface area contributed by atoms with Gasteiger partial charge in [0.25, 0.3) is 0 Å². The Morgan fingerprint density at radius 2 is 0.821 bits per heavy atom. The third kappa shape index (κ3) is 33.4. The molecular weight excluding hydrogens is 348 g/mol. The van der Waals surface area contributed by atoms with Crippen LogP contribution in [0.25, 0.3) is 0 Å². The fraction of sp³-hybridized carbons (Fsp3) is 1.00. The molecule has 4 nitrogen and oxygen atoms in total. The van der Waals surface area contributed by atoms with E-state index in [0.29, 0.717) is 13.2 Å². The molecule has 0 aromatic rings. The number of unbranched alkanes of at least 4 members (excludes halogenated alkanes) is 15. The molecule has 0 aliphatic carbocycles. The normalized spacial score (nSPS) is 10.9. The van der Waals surface area contributed by atoms with Crippen LogP contribution in [0.1, 0.15) is 124 Å². The van der Waals surface area contributed by atoms with Crippen molar-refractivity contribution in [2.24, 2.45) is 0 Å². The molecule has 172 valence electrons. The Bertz CT molecular complexity index is 247. The fourth-order valence-electron chi connectivity index (χ4n) is 3.14. The van der Waals surface area contributed by atoms with Crippen LogP contribution in [0, 0.1) is 0 Å². The molecule has 0 aliphatic heterocycles. The zero-order valence-corrected chi connectivity index (χ0v) is 20.2. The summed E-state index contributed by atoms with van der Waals surface area (Å²) in [6, 6.07) is 0. The minimum absolute atomic E-state index is 0.625. The molecule has 28 heavy (non-hydrogen) atoms. The molecule has 0 amide bonds. The van der Waals surface area contributed by atoms with Crippen molar-refractivity contribution in [2.75, 3.05) is 33.9 Å². The van der Waals surface area contributed by atoms with Crippen LogP contribution in [0.4, 0.5) is 0 Å². The highest BCUT2D eigenvalue weighted by atomic mass is 16.9. The van der Waals surface area contributed by atoms with Gasteiger partial charge in [-0.1, -0.05) is 109 Å². The van der Waals surface area contributed by atoms with Gasteiger partial charge in [0.2, 0.25) is 0 Å². The summed E-state index contributed by atoms with van der Waals surface area (Å²) in [6.07, 6.45) is 23.3. The topological polar surface area (TPSA) is 33.7 Å². The van der Waals surface area contributed by atoms with Gasteiger partial charge < -0.3 is 4.90 Å². The van der Waals surface area contributed by atoms with Crippen molar-refractivity contribution >= 4 is 0 Å². The van der Waals surface area contributed by atoms with E-state index < -0.39 is 0 Å². The molecule has 0 aromatic heterocycles. The highest BCUT2D eigenvalue weighted by molar-refractivity contribution is 4.50. The number of hydrogen-bond donors (Lipinski definition) is 1. The molecule has 0 spiro atoms. The lowest BCUT2D eigenvalue weighted by molar-refractivity contribution is -0.163. The maximum Gasteiger partial charge on any atom is 0.0680 e. The number of nitrogens with one attached hydrogen (secondary N) is 1. The molecule has 0 rings (SSSR count). The van der Waals surface area contributed by atoms with Crippen LogP contribution in [0.2, 0.25) is 0 Å². The molecule has 0 aliphatic rings. The molecule has 0 aromatic carbocycles. The van der Waals surface area contributed by atoms with Gasteiger partial charge in [-0.2, -0.15) is 0 Å². The molecule has 0 saturated carbocycles. The summed E-state index contributed by atoms with van der Waals surface area (Å²) < 4.78 is 0. The van der Waals surface area contributed by atoms with E-state index in [2.05, 4.69) is 41.2 Å². The predicted octanol–water partition coefficient (Wildman–Crippen LogP) is 7.29. The first-order valence-corrected chi connectivity index (χ1v) is 12.3. The van der Waals surface area contributed by atoms with Crippen LogP contribution < -0.4 is 5.64 Å². The van der Waals surface area contributed by atoms with Gasteiger partial charge in [0.15, 0.2) is 0 Å². The zero-order chi connectivity index (χ0) is 21.1. The number of rotatable bonds is 21. The largest absolute Gasteiger partial charge is 0.309 e. The van der Waals surface area contributed by atoms with Crippen LogP contribution in [0.15, 0.2) is 0 Å². The highest BCUT2D eigenvalue weighted by Crippen LogP contribution is 2.13. The van der Waals surface area contributed by atoms with E-state index in [4.69, 9.17) is 0 Å². The van der Waals surface area contributed by atoms with Gasteiger partial charge in [-0.25, -0.2) is 0 Å². The first-order chi connectivity index (χ1) is 13.7. The summed E-state index contributed by atoms with van der Waals surface area (Å²) in [6.45, 7) is 8.57. The highest BCUT2D eigenvalue weighted by Gasteiger charge is 1.95. The maximum absolute atomic E-state index is 4.60. The monoisotopic (exact) mass is 402 g/mol. The van der Waals surface area contributed by atoms with E-state index in [0.717, 1.165) is 0 Å². The Balaban J connectivity index is 0. The Morgan fingerprint density at radius 1 is 0.500 bits per heavy atom. The molecule has 0 atom stereocenters. The van der Waals surface area contributed by atoms with Crippen LogP contribution in [0.3, 0.4) is 0 Å². The Kier molecular flexibility index (Phi) is 31.2. The number of nitrogens with zero attached hydrogens (tertiary/aromatic N) is 1. The summed E-state index contributed by atoms with van der Waals surface area (Å²) >= 11 is 0. The van der Waals surface area contributed by atoms with Crippen molar-refractivity contribution in [3.05, 3.63) is 0 Å². The average molecular weight is 403 g/mol. The molecule has 0 heterocycles. The van der Waals surface area contributed by atoms with E-state index >= 15 is 0 Å². The lowest BCUT2D eigenvalue weighted by Crippen LogP contribution is -2.14. The van der Waals surface area contributed by atoms with E-state index in [-0.39, 0.29) is 0 Å². The second kappa shape index (κ2) is 29.0.